The van der Waals surface area contributed by atoms with Crippen LogP contribution in [0.2, 0.25) is 0 Å². The van der Waals surface area contributed by atoms with E-state index in [1.54, 1.807) is 13.0 Å². The molecule has 9 heteroatoms. The van der Waals surface area contributed by atoms with Crippen molar-refractivity contribution >= 4 is 27.2 Å². The van der Waals surface area contributed by atoms with Crippen LogP contribution in [-0.2, 0) is 14.8 Å². The molecule has 2 aromatic rings. The zero-order chi connectivity index (χ0) is 17.3. The highest BCUT2D eigenvalue weighted by Gasteiger charge is 2.29. The second kappa shape index (κ2) is 6.40. The molecule has 0 N–H and O–H groups in total. The molecule has 0 unspecified atom stereocenters. The second-order valence-corrected chi connectivity index (χ2v) is 7.52. The van der Waals surface area contributed by atoms with Gasteiger partial charge in [0.15, 0.2) is 11.5 Å². The lowest BCUT2D eigenvalue weighted by Crippen LogP contribution is -2.37. The predicted octanol–water partition coefficient (Wildman–Crippen LogP) is 1.60. The van der Waals surface area contributed by atoms with Crippen LogP contribution in [0.4, 0.5) is 4.79 Å². The van der Waals surface area contributed by atoms with Gasteiger partial charge >= 0.3 is 6.09 Å². The van der Waals surface area contributed by atoms with Crippen LogP contribution in [0.15, 0.2) is 27.5 Å². The molecule has 0 atom stereocenters. The number of hydrogen-bond donors (Lipinski definition) is 0. The molecule has 0 saturated carbocycles. The third kappa shape index (κ3) is 3.09. The molecular weight excluding hydrogens is 334 g/mol. The largest absolute Gasteiger partial charge is 0.453 e. The van der Waals surface area contributed by atoms with Crippen molar-refractivity contribution in [3.8, 4) is 0 Å². The Morgan fingerprint density at radius 2 is 2.04 bits per heavy atom. The van der Waals surface area contributed by atoms with Gasteiger partial charge in [0.25, 0.3) is 0 Å². The number of aryl methyl sites for hydroxylation is 1. The van der Waals surface area contributed by atoms with E-state index in [2.05, 4.69) is 4.98 Å². The fraction of sp³-hybridized carbons (Fsp3) is 0.467. The van der Waals surface area contributed by atoms with Gasteiger partial charge in [-0.3, -0.25) is 0 Å². The SMILES string of the molecule is COC(=O)N1CCCN(S(=O)(=O)c2ccc3nc(C)oc3c2)CC1. The average molecular weight is 353 g/mol. The predicted molar refractivity (Wildman–Crippen MR) is 86.1 cm³/mol. The van der Waals surface area contributed by atoms with Crippen molar-refractivity contribution in [2.75, 3.05) is 33.3 Å². The van der Waals surface area contributed by atoms with E-state index in [0.29, 0.717) is 43.0 Å². The van der Waals surface area contributed by atoms with Crippen molar-refractivity contribution in [1.82, 2.24) is 14.2 Å². The van der Waals surface area contributed by atoms with Crippen LogP contribution in [0, 0.1) is 6.92 Å². The number of oxazole rings is 1. The summed E-state index contributed by atoms with van der Waals surface area (Å²) in [4.78, 5) is 17.5. The minimum atomic E-state index is -3.66. The Balaban J connectivity index is 1.84. The first-order valence-electron chi connectivity index (χ1n) is 7.62. The molecule has 130 valence electrons. The summed E-state index contributed by atoms with van der Waals surface area (Å²) in [6.07, 6.45) is 0.116. The Morgan fingerprint density at radius 3 is 2.79 bits per heavy atom. The summed E-state index contributed by atoms with van der Waals surface area (Å²) in [6.45, 7) is 3.06. The minimum Gasteiger partial charge on any atom is -0.453 e. The maximum absolute atomic E-state index is 12.9. The third-order valence-electron chi connectivity index (χ3n) is 3.99. The smallest absolute Gasteiger partial charge is 0.409 e. The third-order valence-corrected chi connectivity index (χ3v) is 5.89. The van der Waals surface area contributed by atoms with Crippen LogP contribution in [0.5, 0.6) is 0 Å². The normalized spacial score (nSPS) is 17.0. The van der Waals surface area contributed by atoms with Gasteiger partial charge in [0.2, 0.25) is 10.0 Å². The first kappa shape index (κ1) is 16.7. The minimum absolute atomic E-state index is 0.165. The topological polar surface area (TPSA) is 93.0 Å². The molecule has 0 bridgehead atoms. The zero-order valence-corrected chi connectivity index (χ0v) is 14.4. The number of carbonyl (C=O) groups is 1. The number of fused-ring (bicyclic) bond motifs is 1. The summed E-state index contributed by atoms with van der Waals surface area (Å²) in [7, 11) is -2.34. The van der Waals surface area contributed by atoms with E-state index in [4.69, 9.17) is 9.15 Å². The van der Waals surface area contributed by atoms with Crippen molar-refractivity contribution in [3.05, 3.63) is 24.1 Å². The number of hydrogen-bond acceptors (Lipinski definition) is 6. The molecule has 8 nitrogen and oxygen atoms in total. The van der Waals surface area contributed by atoms with Crippen molar-refractivity contribution < 1.29 is 22.4 Å². The van der Waals surface area contributed by atoms with E-state index < -0.39 is 16.1 Å². The number of nitrogens with zero attached hydrogens (tertiary/aromatic N) is 3. The molecule has 1 fully saturated rings. The number of ether oxygens (including phenoxy) is 1. The lowest BCUT2D eigenvalue weighted by atomic mass is 10.3. The first-order valence-corrected chi connectivity index (χ1v) is 9.06. The Bertz CT molecular complexity index is 861. The fourth-order valence-corrected chi connectivity index (χ4v) is 4.26. The highest BCUT2D eigenvalue weighted by molar-refractivity contribution is 7.89. The molecule has 1 aromatic heterocycles. The second-order valence-electron chi connectivity index (χ2n) is 5.58. The molecule has 0 aliphatic carbocycles. The summed E-state index contributed by atoms with van der Waals surface area (Å²) in [5.74, 6) is 0.489. The maximum Gasteiger partial charge on any atom is 0.409 e. The molecule has 1 saturated heterocycles. The first-order chi connectivity index (χ1) is 11.4. The standard InChI is InChI=1S/C15H19N3O5S/c1-11-16-13-5-4-12(10-14(13)23-11)24(20,21)18-7-3-6-17(8-9-18)15(19)22-2/h4-5,10H,3,6-9H2,1-2H3. The van der Waals surface area contributed by atoms with Crippen LogP contribution in [0.1, 0.15) is 12.3 Å². The number of amides is 1. The van der Waals surface area contributed by atoms with Crippen LogP contribution in [0.25, 0.3) is 11.1 Å². The summed E-state index contributed by atoms with van der Waals surface area (Å²) in [6, 6.07) is 4.66. The summed E-state index contributed by atoms with van der Waals surface area (Å²) >= 11 is 0. The molecule has 1 aliphatic rings. The van der Waals surface area contributed by atoms with Crippen LogP contribution < -0.4 is 0 Å². The fourth-order valence-electron chi connectivity index (χ4n) is 2.78. The van der Waals surface area contributed by atoms with Gasteiger partial charge in [0.1, 0.15) is 5.52 Å². The van der Waals surface area contributed by atoms with Crippen molar-refractivity contribution in [1.29, 1.82) is 0 Å². The Labute approximate surface area is 140 Å². The Hall–Kier alpha value is -2.13. The molecule has 24 heavy (non-hydrogen) atoms. The molecule has 1 aliphatic heterocycles. The molecular formula is C15H19N3O5S. The van der Waals surface area contributed by atoms with Crippen LogP contribution in [-0.4, -0.2) is 62.0 Å². The lowest BCUT2D eigenvalue weighted by molar-refractivity contribution is 0.126. The van der Waals surface area contributed by atoms with Gasteiger partial charge < -0.3 is 14.1 Å². The average Bonchev–Trinajstić information content (AvgIpc) is 2.77. The molecule has 0 spiro atoms. The molecule has 2 heterocycles. The van der Waals surface area contributed by atoms with E-state index in [1.807, 2.05) is 0 Å². The molecule has 3 rings (SSSR count). The van der Waals surface area contributed by atoms with E-state index in [0.717, 1.165) is 0 Å². The molecule has 1 amide bonds. The maximum atomic E-state index is 12.9. The van der Waals surface area contributed by atoms with Crippen molar-refractivity contribution in [2.24, 2.45) is 0 Å². The number of aromatic nitrogens is 1. The van der Waals surface area contributed by atoms with Gasteiger partial charge in [0.05, 0.1) is 12.0 Å². The van der Waals surface area contributed by atoms with Gasteiger partial charge in [-0.1, -0.05) is 0 Å². The lowest BCUT2D eigenvalue weighted by Gasteiger charge is -2.21. The number of benzene rings is 1. The van der Waals surface area contributed by atoms with E-state index in [-0.39, 0.29) is 11.4 Å². The van der Waals surface area contributed by atoms with Gasteiger partial charge in [-0.15, -0.1) is 0 Å². The van der Waals surface area contributed by atoms with Gasteiger partial charge in [-0.25, -0.2) is 18.2 Å². The number of carbonyl (C=O) groups excluding carboxylic acids is 1. The van der Waals surface area contributed by atoms with Gasteiger partial charge in [0, 0.05) is 39.2 Å². The summed E-state index contributed by atoms with van der Waals surface area (Å²) in [5, 5.41) is 0. The highest BCUT2D eigenvalue weighted by atomic mass is 32.2. The molecule has 0 radical (unpaired) electrons. The number of sulfonamides is 1. The quantitative estimate of drug-likeness (QED) is 0.814. The summed E-state index contributed by atoms with van der Waals surface area (Å²) < 4.78 is 37.2. The van der Waals surface area contributed by atoms with E-state index >= 15 is 0 Å². The molecule has 1 aromatic carbocycles. The van der Waals surface area contributed by atoms with E-state index in [9.17, 15) is 13.2 Å². The Morgan fingerprint density at radius 1 is 1.25 bits per heavy atom. The van der Waals surface area contributed by atoms with Gasteiger partial charge in [-0.2, -0.15) is 4.31 Å². The van der Waals surface area contributed by atoms with Crippen molar-refractivity contribution in [2.45, 2.75) is 18.2 Å². The Kier molecular flexibility index (Phi) is 4.46. The monoisotopic (exact) mass is 353 g/mol. The van der Waals surface area contributed by atoms with Crippen LogP contribution in [0.3, 0.4) is 0 Å². The van der Waals surface area contributed by atoms with Gasteiger partial charge in [-0.05, 0) is 18.6 Å². The number of methoxy groups -OCH3 is 1. The highest BCUT2D eigenvalue weighted by Crippen LogP contribution is 2.23. The van der Waals surface area contributed by atoms with Crippen LogP contribution >= 0.6 is 0 Å². The van der Waals surface area contributed by atoms with Crippen molar-refractivity contribution in [3.63, 3.8) is 0 Å². The summed E-state index contributed by atoms with van der Waals surface area (Å²) in [5.41, 5.74) is 1.07. The van der Waals surface area contributed by atoms with E-state index in [1.165, 1.54) is 28.4 Å². The zero-order valence-electron chi connectivity index (χ0n) is 13.6. The number of rotatable bonds is 2.